The fraction of sp³-hybridized carbons (Fsp3) is 0.837. The van der Waals surface area contributed by atoms with Crippen LogP contribution in [0, 0.1) is 0 Å². The van der Waals surface area contributed by atoms with Gasteiger partial charge >= 0.3 is 7.82 Å². The summed E-state index contributed by atoms with van der Waals surface area (Å²) in [5.41, 5.74) is 0. The number of quaternary nitrogens is 1. The van der Waals surface area contributed by atoms with Crippen molar-refractivity contribution in [3.8, 4) is 0 Å². The van der Waals surface area contributed by atoms with Gasteiger partial charge in [-0.1, -0.05) is 153 Å². The number of phosphoric ester groups is 1. The number of aliphatic hydroxyl groups is 1. The van der Waals surface area contributed by atoms with E-state index in [0.717, 1.165) is 51.4 Å². The molecule has 306 valence electrons. The van der Waals surface area contributed by atoms with Gasteiger partial charge in [0.2, 0.25) is 5.91 Å². The van der Waals surface area contributed by atoms with Gasteiger partial charge in [0.25, 0.3) is 0 Å². The highest BCUT2D eigenvalue weighted by Crippen LogP contribution is 2.43. The van der Waals surface area contributed by atoms with Gasteiger partial charge in [-0.3, -0.25) is 13.8 Å². The number of unbranched alkanes of at least 4 members (excludes halogenated alkanes) is 21. The lowest BCUT2D eigenvalue weighted by atomic mass is 10.0. The highest BCUT2D eigenvalue weighted by molar-refractivity contribution is 7.47. The molecule has 9 heteroatoms. The van der Waals surface area contributed by atoms with E-state index in [0.29, 0.717) is 17.4 Å². The minimum absolute atomic E-state index is 0.0544. The Balaban J connectivity index is 4.51. The highest BCUT2D eigenvalue weighted by Gasteiger charge is 2.27. The molecule has 0 radical (unpaired) electrons. The summed E-state index contributed by atoms with van der Waals surface area (Å²) in [5, 5.41) is 13.8. The van der Waals surface area contributed by atoms with Crippen molar-refractivity contribution in [1.29, 1.82) is 0 Å². The van der Waals surface area contributed by atoms with E-state index < -0.39 is 20.0 Å². The van der Waals surface area contributed by atoms with E-state index in [-0.39, 0.29) is 19.1 Å². The molecule has 3 atom stereocenters. The van der Waals surface area contributed by atoms with E-state index in [9.17, 15) is 19.4 Å². The SMILES string of the molecule is CCCCC/C=C\CCCCCCCC(=O)NC(COP(=O)(O)OCC[N+](C)(C)C)C(O)/C=C/CC/C=C/CCCCCCCCCCCCCC. The quantitative estimate of drug-likeness (QED) is 0.0251. The molecule has 0 aliphatic heterocycles. The molecule has 0 aromatic carbocycles. The van der Waals surface area contributed by atoms with Crippen molar-refractivity contribution >= 4 is 13.7 Å². The number of hydrogen-bond acceptors (Lipinski definition) is 5. The van der Waals surface area contributed by atoms with E-state index >= 15 is 0 Å². The van der Waals surface area contributed by atoms with Crippen molar-refractivity contribution in [2.45, 2.75) is 193 Å². The van der Waals surface area contributed by atoms with Crippen molar-refractivity contribution in [1.82, 2.24) is 5.32 Å². The molecular formula is C43H84N2O6P+. The van der Waals surface area contributed by atoms with Gasteiger partial charge in [-0.25, -0.2) is 4.57 Å². The van der Waals surface area contributed by atoms with E-state index in [1.807, 2.05) is 27.2 Å². The summed E-state index contributed by atoms with van der Waals surface area (Å²) in [6.45, 7) is 4.75. The lowest BCUT2D eigenvalue weighted by Gasteiger charge is -2.25. The minimum atomic E-state index is -4.34. The first kappa shape index (κ1) is 50.7. The maximum Gasteiger partial charge on any atom is 0.472 e. The summed E-state index contributed by atoms with van der Waals surface area (Å²) in [5.74, 6) is -0.199. The highest BCUT2D eigenvalue weighted by atomic mass is 31.2. The first-order valence-corrected chi connectivity index (χ1v) is 22.9. The maximum absolute atomic E-state index is 12.8. The van der Waals surface area contributed by atoms with E-state index in [1.165, 1.54) is 109 Å². The molecule has 0 saturated carbocycles. The molecule has 0 fully saturated rings. The number of phosphoric acid groups is 1. The van der Waals surface area contributed by atoms with Crippen molar-refractivity contribution in [3.63, 3.8) is 0 Å². The zero-order valence-corrected chi connectivity index (χ0v) is 35.4. The monoisotopic (exact) mass is 756 g/mol. The number of hydrogen-bond donors (Lipinski definition) is 3. The van der Waals surface area contributed by atoms with Crippen LogP contribution in [0.15, 0.2) is 36.5 Å². The van der Waals surface area contributed by atoms with Gasteiger partial charge in [0.15, 0.2) is 0 Å². The predicted molar refractivity (Wildman–Crippen MR) is 221 cm³/mol. The standard InChI is InChI=1S/C43H83N2O6P/c1-6-8-10-12-14-16-18-20-21-22-23-24-25-26-28-30-32-34-36-42(46)41(40-51-52(48,49)50-39-38-45(3,4)5)44-43(47)37-35-33-31-29-27-19-17-15-13-11-9-7-2/h15,17,26,28,34,36,41-42,46H,6-14,16,18-25,27,29-33,35,37-40H2,1-5H3,(H-,44,47,48,49)/p+1/b17-15-,28-26+,36-34+. The molecule has 0 spiro atoms. The average Bonchev–Trinajstić information content (AvgIpc) is 3.09. The molecule has 3 N–H and O–H groups in total. The minimum Gasteiger partial charge on any atom is -0.387 e. The molecule has 0 heterocycles. The van der Waals surface area contributed by atoms with Gasteiger partial charge in [0.05, 0.1) is 39.9 Å². The molecule has 0 bridgehead atoms. The van der Waals surface area contributed by atoms with Crippen molar-refractivity contribution in [3.05, 3.63) is 36.5 Å². The Bertz CT molecular complexity index is 948. The van der Waals surface area contributed by atoms with E-state index in [4.69, 9.17) is 9.05 Å². The lowest BCUT2D eigenvalue weighted by Crippen LogP contribution is -2.45. The second-order valence-corrected chi connectivity index (χ2v) is 17.2. The van der Waals surface area contributed by atoms with Gasteiger partial charge in [-0.15, -0.1) is 0 Å². The van der Waals surface area contributed by atoms with Gasteiger partial charge in [0, 0.05) is 6.42 Å². The summed E-state index contributed by atoms with van der Waals surface area (Å²) < 4.78 is 23.5. The van der Waals surface area contributed by atoms with Crippen LogP contribution in [-0.2, 0) is 18.4 Å². The fourth-order valence-electron chi connectivity index (χ4n) is 5.87. The van der Waals surface area contributed by atoms with Crippen LogP contribution >= 0.6 is 7.82 Å². The second kappa shape index (κ2) is 35.4. The Labute approximate surface area is 321 Å². The number of aliphatic hydroxyl groups excluding tert-OH is 1. The number of carbonyl (C=O) groups excluding carboxylic acids is 1. The summed E-state index contributed by atoms with van der Waals surface area (Å²) in [6.07, 6.45) is 42.1. The largest absolute Gasteiger partial charge is 0.472 e. The molecule has 0 aliphatic carbocycles. The van der Waals surface area contributed by atoms with Crippen LogP contribution in [0.25, 0.3) is 0 Å². The number of likely N-dealkylation sites (N-methyl/N-ethyl adjacent to an activating group) is 1. The molecule has 0 aliphatic rings. The van der Waals surface area contributed by atoms with Gasteiger partial charge < -0.3 is 19.8 Å². The summed E-state index contributed by atoms with van der Waals surface area (Å²) >= 11 is 0. The zero-order chi connectivity index (χ0) is 38.6. The lowest BCUT2D eigenvalue weighted by molar-refractivity contribution is -0.870. The Morgan fingerprint density at radius 1 is 0.635 bits per heavy atom. The Kier molecular flexibility index (Phi) is 34.6. The Morgan fingerprint density at radius 3 is 1.58 bits per heavy atom. The predicted octanol–water partition coefficient (Wildman–Crippen LogP) is 11.5. The molecular weight excluding hydrogens is 671 g/mol. The van der Waals surface area contributed by atoms with Gasteiger partial charge in [0.1, 0.15) is 13.2 Å². The summed E-state index contributed by atoms with van der Waals surface area (Å²) in [4.78, 5) is 23.0. The molecule has 1 amide bonds. The van der Waals surface area contributed by atoms with Crippen LogP contribution in [0.2, 0.25) is 0 Å². The molecule has 0 aromatic rings. The normalized spacial score (nSPS) is 14.8. The van der Waals surface area contributed by atoms with Crippen molar-refractivity contribution in [2.24, 2.45) is 0 Å². The zero-order valence-electron chi connectivity index (χ0n) is 34.5. The third-order valence-corrected chi connectivity index (χ3v) is 10.3. The Hall–Kier alpha value is -1.28. The number of carbonyl (C=O) groups is 1. The van der Waals surface area contributed by atoms with E-state index in [2.05, 4.69) is 43.5 Å². The molecule has 8 nitrogen and oxygen atoms in total. The first-order valence-electron chi connectivity index (χ1n) is 21.4. The number of amides is 1. The maximum atomic E-state index is 12.8. The average molecular weight is 756 g/mol. The number of nitrogens with zero attached hydrogens (tertiary/aromatic N) is 1. The third-order valence-electron chi connectivity index (χ3n) is 9.33. The van der Waals surface area contributed by atoms with Crippen molar-refractivity contribution < 1.29 is 32.9 Å². The number of allylic oxidation sites excluding steroid dienone is 5. The van der Waals surface area contributed by atoms with Crippen LogP contribution in [0.3, 0.4) is 0 Å². The topological polar surface area (TPSA) is 105 Å². The second-order valence-electron chi connectivity index (χ2n) is 15.7. The third kappa shape index (κ3) is 37.1. The van der Waals surface area contributed by atoms with Crippen LogP contribution in [0.1, 0.15) is 181 Å². The van der Waals surface area contributed by atoms with Crippen molar-refractivity contribution in [2.75, 3.05) is 40.9 Å². The van der Waals surface area contributed by atoms with Crippen LogP contribution in [0.5, 0.6) is 0 Å². The number of nitrogens with one attached hydrogen (secondary N) is 1. The smallest absolute Gasteiger partial charge is 0.387 e. The van der Waals surface area contributed by atoms with Crippen LogP contribution < -0.4 is 5.32 Å². The van der Waals surface area contributed by atoms with Crippen LogP contribution in [-0.4, -0.2) is 73.4 Å². The molecule has 0 rings (SSSR count). The van der Waals surface area contributed by atoms with Gasteiger partial charge in [-0.05, 0) is 57.8 Å². The van der Waals surface area contributed by atoms with E-state index in [1.54, 1.807) is 6.08 Å². The van der Waals surface area contributed by atoms with Crippen LogP contribution in [0.4, 0.5) is 0 Å². The summed E-state index contributed by atoms with van der Waals surface area (Å²) in [6, 6.07) is -0.864. The molecule has 3 unspecified atom stereocenters. The van der Waals surface area contributed by atoms with Gasteiger partial charge in [-0.2, -0.15) is 0 Å². The molecule has 0 saturated heterocycles. The first-order chi connectivity index (χ1) is 25.0. The Morgan fingerprint density at radius 2 is 1.06 bits per heavy atom. The fourth-order valence-corrected chi connectivity index (χ4v) is 6.61. The summed E-state index contributed by atoms with van der Waals surface area (Å²) in [7, 11) is 1.55. The number of rotatable bonds is 38. The molecule has 52 heavy (non-hydrogen) atoms. The molecule has 0 aromatic heterocycles.